The minimum atomic E-state index is 0.0700. The van der Waals surface area contributed by atoms with Gasteiger partial charge in [0, 0.05) is 36.4 Å². The van der Waals surface area contributed by atoms with Gasteiger partial charge in [-0.1, -0.05) is 0 Å². The molecule has 0 aromatic carbocycles. The van der Waals surface area contributed by atoms with Gasteiger partial charge in [-0.3, -0.25) is 9.78 Å². The minimum Gasteiger partial charge on any atom is -0.334 e. The molecule has 2 heterocycles. The van der Waals surface area contributed by atoms with Gasteiger partial charge >= 0.3 is 0 Å². The first kappa shape index (κ1) is 10.4. The van der Waals surface area contributed by atoms with Gasteiger partial charge in [-0.15, -0.1) is 11.6 Å². The summed E-state index contributed by atoms with van der Waals surface area (Å²) in [6, 6.07) is 3.69. The van der Waals surface area contributed by atoms with Crippen LogP contribution in [0, 0.1) is 0 Å². The van der Waals surface area contributed by atoms with E-state index in [2.05, 4.69) is 4.98 Å². The van der Waals surface area contributed by atoms with Crippen molar-refractivity contribution in [2.45, 2.75) is 18.9 Å². The summed E-state index contributed by atoms with van der Waals surface area (Å²) in [5.41, 5.74) is 0.696. The molecule has 0 aliphatic carbocycles. The summed E-state index contributed by atoms with van der Waals surface area (Å²) in [6.07, 6.45) is 5.34. The molecule has 0 bridgehead atoms. The summed E-state index contributed by atoms with van der Waals surface area (Å²) in [4.78, 5) is 17.8. The lowest BCUT2D eigenvalue weighted by Crippen LogP contribution is -2.36. The Morgan fingerprint density at radius 1 is 1.53 bits per heavy atom. The van der Waals surface area contributed by atoms with Crippen LogP contribution >= 0.6 is 11.6 Å². The second-order valence-electron chi connectivity index (χ2n) is 3.68. The number of carbonyl (C=O) groups excluding carboxylic acids is 1. The van der Waals surface area contributed by atoms with Gasteiger partial charge in [0.1, 0.15) is 0 Å². The lowest BCUT2D eigenvalue weighted by molar-refractivity contribution is 0.0749. The van der Waals surface area contributed by atoms with Crippen LogP contribution in [-0.4, -0.2) is 34.3 Å². The van der Waals surface area contributed by atoms with E-state index in [1.807, 2.05) is 4.90 Å². The van der Waals surface area contributed by atoms with E-state index in [1.54, 1.807) is 24.5 Å². The quantitative estimate of drug-likeness (QED) is 0.720. The Kier molecular flexibility index (Phi) is 3.21. The van der Waals surface area contributed by atoms with E-state index >= 15 is 0 Å². The highest BCUT2D eigenvalue weighted by Crippen LogP contribution is 2.20. The van der Waals surface area contributed by atoms with Gasteiger partial charge in [0.2, 0.25) is 0 Å². The SMILES string of the molecule is O=C(c1ccncc1)N1CCCC1CCl. The molecule has 0 saturated carbocycles. The molecule has 1 aromatic rings. The van der Waals surface area contributed by atoms with Crippen LogP contribution in [-0.2, 0) is 0 Å². The number of hydrogen-bond donors (Lipinski definition) is 0. The van der Waals surface area contributed by atoms with Gasteiger partial charge in [0.05, 0.1) is 0 Å². The highest BCUT2D eigenvalue weighted by atomic mass is 35.5. The van der Waals surface area contributed by atoms with Crippen molar-refractivity contribution < 1.29 is 4.79 Å². The number of hydrogen-bond acceptors (Lipinski definition) is 2. The highest BCUT2D eigenvalue weighted by molar-refractivity contribution is 6.18. The Bertz CT molecular complexity index is 342. The van der Waals surface area contributed by atoms with E-state index in [0.29, 0.717) is 11.4 Å². The highest BCUT2D eigenvalue weighted by Gasteiger charge is 2.28. The van der Waals surface area contributed by atoms with Crippen molar-refractivity contribution in [1.29, 1.82) is 0 Å². The van der Waals surface area contributed by atoms with Crippen LogP contribution in [0.25, 0.3) is 0 Å². The Morgan fingerprint density at radius 3 is 2.93 bits per heavy atom. The molecule has 4 heteroatoms. The van der Waals surface area contributed by atoms with Gasteiger partial charge < -0.3 is 4.90 Å². The predicted molar refractivity (Wildman–Crippen MR) is 59.0 cm³/mol. The standard InChI is InChI=1S/C11H13ClN2O/c12-8-10-2-1-7-14(10)11(15)9-3-5-13-6-4-9/h3-6,10H,1-2,7-8H2. The maximum absolute atomic E-state index is 12.1. The number of rotatable bonds is 2. The van der Waals surface area contributed by atoms with E-state index in [4.69, 9.17) is 11.6 Å². The average Bonchev–Trinajstić information content (AvgIpc) is 2.77. The van der Waals surface area contributed by atoms with Crippen molar-refractivity contribution in [3.63, 3.8) is 0 Å². The molecule has 1 unspecified atom stereocenters. The summed E-state index contributed by atoms with van der Waals surface area (Å²) in [7, 11) is 0. The van der Waals surface area contributed by atoms with Crippen molar-refractivity contribution in [2.24, 2.45) is 0 Å². The zero-order valence-corrected chi connectivity index (χ0v) is 9.15. The Morgan fingerprint density at radius 2 is 2.27 bits per heavy atom. The molecule has 3 nitrogen and oxygen atoms in total. The van der Waals surface area contributed by atoms with Crippen molar-refractivity contribution >= 4 is 17.5 Å². The van der Waals surface area contributed by atoms with Crippen LogP contribution in [0.1, 0.15) is 23.2 Å². The van der Waals surface area contributed by atoms with E-state index < -0.39 is 0 Å². The second kappa shape index (κ2) is 4.62. The third kappa shape index (κ3) is 2.12. The third-order valence-electron chi connectivity index (χ3n) is 2.74. The summed E-state index contributed by atoms with van der Waals surface area (Å²) in [6.45, 7) is 0.818. The normalized spacial score (nSPS) is 20.6. The van der Waals surface area contributed by atoms with Crippen LogP contribution in [0.2, 0.25) is 0 Å². The molecule has 1 saturated heterocycles. The minimum absolute atomic E-state index is 0.0700. The number of nitrogens with zero attached hydrogens (tertiary/aromatic N) is 2. The average molecular weight is 225 g/mol. The zero-order valence-electron chi connectivity index (χ0n) is 8.40. The van der Waals surface area contributed by atoms with Gasteiger partial charge in [0.25, 0.3) is 5.91 Å². The molecule has 1 fully saturated rings. The molecule has 15 heavy (non-hydrogen) atoms. The number of amides is 1. The fourth-order valence-corrected chi connectivity index (χ4v) is 2.24. The largest absolute Gasteiger partial charge is 0.334 e. The smallest absolute Gasteiger partial charge is 0.254 e. The maximum atomic E-state index is 12.1. The maximum Gasteiger partial charge on any atom is 0.254 e. The molecule has 0 N–H and O–H groups in total. The molecule has 1 atom stereocenters. The number of carbonyl (C=O) groups is 1. The van der Waals surface area contributed by atoms with Gasteiger partial charge in [-0.05, 0) is 25.0 Å². The van der Waals surface area contributed by atoms with E-state index in [-0.39, 0.29) is 11.9 Å². The van der Waals surface area contributed by atoms with Gasteiger partial charge in [0.15, 0.2) is 0 Å². The van der Waals surface area contributed by atoms with Crippen LogP contribution in [0.3, 0.4) is 0 Å². The van der Waals surface area contributed by atoms with E-state index in [1.165, 1.54) is 0 Å². The third-order valence-corrected chi connectivity index (χ3v) is 3.10. The molecule has 1 aliphatic rings. The van der Waals surface area contributed by atoms with Crippen LogP contribution in [0.5, 0.6) is 0 Å². The van der Waals surface area contributed by atoms with Crippen LogP contribution < -0.4 is 0 Å². The van der Waals surface area contributed by atoms with Crippen molar-refractivity contribution in [1.82, 2.24) is 9.88 Å². The molecule has 1 aromatic heterocycles. The Labute approximate surface area is 94.1 Å². The fraction of sp³-hybridized carbons (Fsp3) is 0.455. The first-order valence-electron chi connectivity index (χ1n) is 5.10. The lowest BCUT2D eigenvalue weighted by atomic mass is 10.2. The second-order valence-corrected chi connectivity index (χ2v) is 3.99. The number of pyridine rings is 1. The topological polar surface area (TPSA) is 33.2 Å². The Balaban J connectivity index is 2.14. The summed E-state index contributed by atoms with van der Waals surface area (Å²) in [5, 5.41) is 0. The van der Waals surface area contributed by atoms with Crippen molar-refractivity contribution in [3.05, 3.63) is 30.1 Å². The zero-order chi connectivity index (χ0) is 10.7. The summed E-state index contributed by atoms with van der Waals surface area (Å²) >= 11 is 5.83. The molecule has 80 valence electrons. The fourth-order valence-electron chi connectivity index (χ4n) is 1.92. The first-order chi connectivity index (χ1) is 7.33. The van der Waals surface area contributed by atoms with E-state index in [0.717, 1.165) is 19.4 Å². The predicted octanol–water partition coefficient (Wildman–Crippen LogP) is 1.93. The first-order valence-corrected chi connectivity index (χ1v) is 5.63. The van der Waals surface area contributed by atoms with Gasteiger partial charge in [-0.2, -0.15) is 0 Å². The van der Waals surface area contributed by atoms with Gasteiger partial charge in [-0.25, -0.2) is 0 Å². The number of likely N-dealkylation sites (tertiary alicyclic amines) is 1. The van der Waals surface area contributed by atoms with Crippen molar-refractivity contribution in [2.75, 3.05) is 12.4 Å². The number of aromatic nitrogens is 1. The summed E-state index contributed by atoms with van der Waals surface area (Å²) < 4.78 is 0. The van der Waals surface area contributed by atoms with Crippen molar-refractivity contribution in [3.8, 4) is 0 Å². The van der Waals surface area contributed by atoms with E-state index in [9.17, 15) is 4.79 Å². The Hall–Kier alpha value is -1.09. The molecule has 1 amide bonds. The number of halogens is 1. The molecule has 1 aliphatic heterocycles. The molecular formula is C11H13ClN2O. The molecule has 0 radical (unpaired) electrons. The lowest BCUT2D eigenvalue weighted by Gasteiger charge is -2.22. The number of alkyl halides is 1. The molecule has 0 spiro atoms. The monoisotopic (exact) mass is 224 g/mol. The van der Waals surface area contributed by atoms with Crippen LogP contribution in [0.4, 0.5) is 0 Å². The summed E-state index contributed by atoms with van der Waals surface area (Å²) in [5.74, 6) is 0.595. The van der Waals surface area contributed by atoms with Crippen LogP contribution in [0.15, 0.2) is 24.5 Å². The molecular weight excluding hydrogens is 212 g/mol. The molecule has 2 rings (SSSR count).